The Balaban J connectivity index is 1.52. The topological polar surface area (TPSA) is 98.2 Å². The standard InChI is InChI=1S/C21H22N6O2/c1-12(2)20-23-21(29-26-20)15-7-8-27-17(10-15)24-25-18(27)11-19(28)22-16-6-5-13(3)14(4)9-16/h5-10,12H,11H2,1-4H3,(H,22,28). The number of rotatable bonds is 5. The third-order valence-electron chi connectivity index (χ3n) is 4.79. The number of carbonyl (C=O) groups is 1. The highest BCUT2D eigenvalue weighted by atomic mass is 16.5. The van der Waals surface area contributed by atoms with E-state index in [4.69, 9.17) is 4.52 Å². The second-order valence-corrected chi connectivity index (χ2v) is 7.40. The van der Waals surface area contributed by atoms with Gasteiger partial charge < -0.3 is 9.84 Å². The van der Waals surface area contributed by atoms with Gasteiger partial charge in [0.05, 0.1) is 6.42 Å². The van der Waals surface area contributed by atoms with Crippen LogP contribution in [0.1, 0.15) is 42.5 Å². The number of hydrogen-bond acceptors (Lipinski definition) is 6. The molecule has 4 rings (SSSR count). The highest BCUT2D eigenvalue weighted by molar-refractivity contribution is 5.92. The second kappa shape index (κ2) is 7.46. The molecule has 0 saturated carbocycles. The quantitative estimate of drug-likeness (QED) is 0.558. The molecular formula is C21H22N6O2. The van der Waals surface area contributed by atoms with Crippen molar-refractivity contribution < 1.29 is 9.32 Å². The van der Waals surface area contributed by atoms with E-state index in [0.717, 1.165) is 16.8 Å². The van der Waals surface area contributed by atoms with E-state index in [1.54, 1.807) is 4.40 Å². The molecule has 148 valence electrons. The van der Waals surface area contributed by atoms with Crippen LogP contribution in [0.15, 0.2) is 41.1 Å². The first-order valence-corrected chi connectivity index (χ1v) is 9.45. The lowest BCUT2D eigenvalue weighted by Crippen LogP contribution is -2.16. The molecule has 0 fully saturated rings. The van der Waals surface area contributed by atoms with E-state index in [1.807, 2.05) is 64.2 Å². The van der Waals surface area contributed by atoms with Crippen molar-refractivity contribution in [2.75, 3.05) is 5.32 Å². The van der Waals surface area contributed by atoms with Crippen molar-refractivity contribution in [2.24, 2.45) is 0 Å². The van der Waals surface area contributed by atoms with Crippen molar-refractivity contribution in [1.82, 2.24) is 24.7 Å². The molecule has 1 N–H and O–H groups in total. The third-order valence-corrected chi connectivity index (χ3v) is 4.79. The summed E-state index contributed by atoms with van der Waals surface area (Å²) in [6.45, 7) is 8.06. The van der Waals surface area contributed by atoms with Crippen LogP contribution in [0.3, 0.4) is 0 Å². The average molecular weight is 390 g/mol. The summed E-state index contributed by atoms with van der Waals surface area (Å²) < 4.78 is 7.11. The van der Waals surface area contributed by atoms with Crippen molar-refractivity contribution in [3.05, 3.63) is 59.3 Å². The van der Waals surface area contributed by atoms with Gasteiger partial charge >= 0.3 is 0 Å². The number of benzene rings is 1. The predicted octanol–water partition coefficient (Wildman–Crippen LogP) is 3.70. The molecule has 29 heavy (non-hydrogen) atoms. The number of hydrogen-bond donors (Lipinski definition) is 1. The number of aromatic nitrogens is 5. The molecular weight excluding hydrogens is 368 g/mol. The van der Waals surface area contributed by atoms with E-state index >= 15 is 0 Å². The molecule has 4 aromatic rings. The Bertz CT molecular complexity index is 1190. The SMILES string of the molecule is Cc1ccc(NC(=O)Cc2nnc3cc(-c4nc(C(C)C)no4)ccn23)cc1C. The summed E-state index contributed by atoms with van der Waals surface area (Å²) in [7, 11) is 0. The molecule has 3 aromatic heterocycles. The molecule has 0 aliphatic carbocycles. The molecule has 1 aromatic carbocycles. The first-order valence-electron chi connectivity index (χ1n) is 9.45. The summed E-state index contributed by atoms with van der Waals surface area (Å²) in [5.41, 5.74) is 4.46. The van der Waals surface area contributed by atoms with Crippen molar-refractivity contribution in [3.63, 3.8) is 0 Å². The lowest BCUT2D eigenvalue weighted by molar-refractivity contribution is -0.115. The highest BCUT2D eigenvalue weighted by Gasteiger charge is 2.15. The van der Waals surface area contributed by atoms with Gasteiger partial charge in [-0.25, -0.2) is 0 Å². The molecule has 0 aliphatic rings. The van der Waals surface area contributed by atoms with Crippen LogP contribution in [-0.4, -0.2) is 30.6 Å². The molecule has 0 unspecified atom stereocenters. The van der Waals surface area contributed by atoms with E-state index in [1.165, 1.54) is 5.56 Å². The summed E-state index contributed by atoms with van der Waals surface area (Å²) in [5, 5.41) is 15.2. The van der Waals surface area contributed by atoms with Gasteiger partial charge in [0.2, 0.25) is 5.91 Å². The number of nitrogens with one attached hydrogen (secondary N) is 1. The molecule has 0 atom stereocenters. The maximum absolute atomic E-state index is 12.4. The van der Waals surface area contributed by atoms with Crippen LogP contribution >= 0.6 is 0 Å². The Morgan fingerprint density at radius 3 is 2.69 bits per heavy atom. The zero-order valence-corrected chi connectivity index (χ0v) is 16.8. The van der Waals surface area contributed by atoms with Crippen LogP contribution < -0.4 is 5.32 Å². The first kappa shape index (κ1) is 18.8. The van der Waals surface area contributed by atoms with Gasteiger partial charge in [0.25, 0.3) is 5.89 Å². The van der Waals surface area contributed by atoms with Crippen LogP contribution in [0.5, 0.6) is 0 Å². The van der Waals surface area contributed by atoms with E-state index in [2.05, 4.69) is 25.7 Å². The van der Waals surface area contributed by atoms with Gasteiger partial charge in [0, 0.05) is 23.4 Å². The van der Waals surface area contributed by atoms with Gasteiger partial charge in [0.15, 0.2) is 11.5 Å². The van der Waals surface area contributed by atoms with Crippen LogP contribution in [-0.2, 0) is 11.2 Å². The molecule has 0 aliphatic heterocycles. The van der Waals surface area contributed by atoms with Gasteiger partial charge in [-0.15, -0.1) is 10.2 Å². The van der Waals surface area contributed by atoms with E-state index in [-0.39, 0.29) is 18.2 Å². The van der Waals surface area contributed by atoms with Crippen LogP contribution in [0.25, 0.3) is 17.1 Å². The Hall–Kier alpha value is -3.55. The Labute approximate surface area is 168 Å². The summed E-state index contributed by atoms with van der Waals surface area (Å²) in [4.78, 5) is 16.9. The van der Waals surface area contributed by atoms with Crippen molar-refractivity contribution >= 4 is 17.2 Å². The number of aryl methyl sites for hydroxylation is 2. The first-order chi connectivity index (χ1) is 13.9. The van der Waals surface area contributed by atoms with Gasteiger partial charge in [-0.3, -0.25) is 9.20 Å². The zero-order chi connectivity index (χ0) is 20.5. The maximum atomic E-state index is 12.4. The largest absolute Gasteiger partial charge is 0.334 e. The fourth-order valence-electron chi connectivity index (χ4n) is 2.95. The fourth-order valence-corrected chi connectivity index (χ4v) is 2.95. The Morgan fingerprint density at radius 1 is 1.14 bits per heavy atom. The van der Waals surface area contributed by atoms with Gasteiger partial charge in [-0.2, -0.15) is 4.98 Å². The monoisotopic (exact) mass is 390 g/mol. The summed E-state index contributed by atoms with van der Waals surface area (Å²) in [5.74, 6) is 1.69. The highest BCUT2D eigenvalue weighted by Crippen LogP contribution is 2.21. The molecule has 3 heterocycles. The van der Waals surface area contributed by atoms with E-state index in [9.17, 15) is 4.79 Å². The van der Waals surface area contributed by atoms with Crippen molar-refractivity contribution in [1.29, 1.82) is 0 Å². The van der Waals surface area contributed by atoms with Crippen LogP contribution in [0, 0.1) is 13.8 Å². The smallest absolute Gasteiger partial charge is 0.258 e. The maximum Gasteiger partial charge on any atom is 0.258 e. The van der Waals surface area contributed by atoms with E-state index < -0.39 is 0 Å². The number of pyridine rings is 1. The minimum absolute atomic E-state index is 0.117. The number of carbonyl (C=O) groups excluding carboxylic acids is 1. The lowest BCUT2D eigenvalue weighted by Gasteiger charge is -2.07. The Morgan fingerprint density at radius 2 is 1.97 bits per heavy atom. The molecule has 8 heteroatoms. The predicted molar refractivity (Wildman–Crippen MR) is 109 cm³/mol. The lowest BCUT2D eigenvalue weighted by atomic mass is 10.1. The van der Waals surface area contributed by atoms with Crippen molar-refractivity contribution in [2.45, 2.75) is 40.0 Å². The van der Waals surface area contributed by atoms with Gasteiger partial charge in [-0.1, -0.05) is 25.1 Å². The van der Waals surface area contributed by atoms with E-state index in [0.29, 0.717) is 23.2 Å². The molecule has 0 saturated heterocycles. The minimum atomic E-state index is -0.148. The molecule has 0 radical (unpaired) electrons. The molecule has 0 spiro atoms. The van der Waals surface area contributed by atoms with Gasteiger partial charge in [0.1, 0.15) is 5.82 Å². The summed E-state index contributed by atoms with van der Waals surface area (Å²) in [6, 6.07) is 9.50. The second-order valence-electron chi connectivity index (χ2n) is 7.40. The minimum Gasteiger partial charge on any atom is -0.334 e. The molecule has 8 nitrogen and oxygen atoms in total. The molecule has 0 bridgehead atoms. The third kappa shape index (κ3) is 3.87. The number of anilines is 1. The fraction of sp³-hybridized carbons (Fsp3) is 0.286. The summed E-state index contributed by atoms with van der Waals surface area (Å²) >= 11 is 0. The average Bonchev–Trinajstić information content (AvgIpc) is 3.32. The van der Waals surface area contributed by atoms with Crippen LogP contribution in [0.4, 0.5) is 5.69 Å². The number of amides is 1. The molecule has 1 amide bonds. The van der Waals surface area contributed by atoms with Crippen molar-refractivity contribution in [3.8, 4) is 11.5 Å². The number of nitrogens with zero attached hydrogens (tertiary/aromatic N) is 5. The number of fused-ring (bicyclic) bond motifs is 1. The summed E-state index contributed by atoms with van der Waals surface area (Å²) in [6.07, 6.45) is 1.92. The zero-order valence-electron chi connectivity index (χ0n) is 16.8. The van der Waals surface area contributed by atoms with Gasteiger partial charge in [-0.05, 0) is 49.2 Å². The Kier molecular flexibility index (Phi) is 4.84. The normalized spacial score (nSPS) is 11.3. The van der Waals surface area contributed by atoms with Crippen LogP contribution in [0.2, 0.25) is 0 Å².